The summed E-state index contributed by atoms with van der Waals surface area (Å²) < 4.78 is 0. The fraction of sp³-hybridized carbons (Fsp3) is 0.0769. The van der Waals surface area contributed by atoms with Crippen molar-refractivity contribution in [3.63, 3.8) is 0 Å². The van der Waals surface area contributed by atoms with Crippen LogP contribution in [0.5, 0.6) is 0 Å². The first-order valence-corrected chi connectivity index (χ1v) is 5.59. The van der Waals surface area contributed by atoms with Gasteiger partial charge in [-0.2, -0.15) is 0 Å². The summed E-state index contributed by atoms with van der Waals surface area (Å²) in [6.07, 6.45) is 0. The maximum atomic E-state index is 7.93. The van der Waals surface area contributed by atoms with Gasteiger partial charge in [0.15, 0.2) is 11.1 Å². The van der Waals surface area contributed by atoms with Gasteiger partial charge in [-0.15, -0.1) is 0 Å². The number of benzene rings is 2. The Kier molecular flexibility index (Phi) is 3.40. The average molecular weight is 246 g/mol. The topological polar surface area (TPSA) is 48.2 Å². The lowest BCUT2D eigenvalue weighted by Gasteiger charge is -2.05. The molecule has 0 spiro atoms. The largest absolute Gasteiger partial charge is 0.363 e. The van der Waals surface area contributed by atoms with Crippen LogP contribution in [-0.4, -0.2) is 18.2 Å². The van der Waals surface area contributed by atoms with Crippen LogP contribution in [0.4, 0.5) is 0 Å². The van der Waals surface area contributed by atoms with Crippen LogP contribution in [0, 0.1) is 5.41 Å². The van der Waals surface area contributed by atoms with Crippen LogP contribution in [0.2, 0.25) is 0 Å². The number of aliphatic imine (C=N–C) groups is 1. The molecule has 3 nitrogen and oxygen atoms in total. The molecule has 0 bridgehead atoms. The van der Waals surface area contributed by atoms with Crippen LogP contribution >= 0.6 is 11.6 Å². The third kappa shape index (κ3) is 2.45. The fourth-order valence-electron chi connectivity index (χ4n) is 1.65. The van der Waals surface area contributed by atoms with Crippen molar-refractivity contribution in [2.75, 3.05) is 7.05 Å². The Bertz CT molecular complexity index is 585. The summed E-state index contributed by atoms with van der Waals surface area (Å²) in [4.78, 5) is 3.97. The first-order valence-electron chi connectivity index (χ1n) is 5.21. The second-order valence-electron chi connectivity index (χ2n) is 3.53. The Hall–Kier alpha value is -1.87. The monoisotopic (exact) mass is 245 g/mol. The van der Waals surface area contributed by atoms with Crippen molar-refractivity contribution in [2.45, 2.75) is 0 Å². The number of fused-ring (bicyclic) bond motifs is 1. The molecule has 0 amide bonds. The molecule has 0 aliphatic carbocycles. The predicted molar refractivity (Wildman–Crippen MR) is 73.1 cm³/mol. The highest BCUT2D eigenvalue weighted by molar-refractivity contribution is 6.65. The Balaban J connectivity index is 2.52. The van der Waals surface area contributed by atoms with Gasteiger partial charge in [0, 0.05) is 12.6 Å². The zero-order valence-corrected chi connectivity index (χ0v) is 10.1. The van der Waals surface area contributed by atoms with E-state index in [4.69, 9.17) is 17.0 Å². The Morgan fingerprint density at radius 2 is 1.88 bits per heavy atom. The predicted octanol–water partition coefficient (Wildman–Crippen LogP) is 2.98. The maximum absolute atomic E-state index is 7.93. The van der Waals surface area contributed by atoms with Crippen molar-refractivity contribution in [3.05, 3.63) is 48.0 Å². The SMILES string of the molecule is CN/C(Cl)=N\C(=N)c1cccc2ccccc12. The number of amidine groups is 2. The van der Waals surface area contributed by atoms with Gasteiger partial charge in [0.05, 0.1) is 0 Å². The van der Waals surface area contributed by atoms with Gasteiger partial charge < -0.3 is 5.32 Å². The van der Waals surface area contributed by atoms with Gasteiger partial charge in [-0.05, 0) is 22.4 Å². The molecule has 0 unspecified atom stereocenters. The molecule has 0 radical (unpaired) electrons. The lowest BCUT2D eigenvalue weighted by Crippen LogP contribution is -2.13. The molecule has 4 heteroatoms. The minimum absolute atomic E-state index is 0.154. The standard InChI is InChI=1S/C13H12ClN3/c1-16-13(14)17-12(15)11-8-4-6-9-5-2-3-7-10(9)11/h2-8H,1H3,(H2,15,16,17). The second kappa shape index (κ2) is 4.97. The molecule has 86 valence electrons. The Labute approximate surface area is 105 Å². The third-order valence-electron chi connectivity index (χ3n) is 2.46. The first kappa shape index (κ1) is 11.6. The zero-order chi connectivity index (χ0) is 12.3. The quantitative estimate of drug-likeness (QED) is 0.453. The van der Waals surface area contributed by atoms with Crippen LogP contribution in [0.3, 0.4) is 0 Å². The molecule has 2 aromatic rings. The van der Waals surface area contributed by atoms with E-state index < -0.39 is 0 Å². The molecule has 0 aliphatic heterocycles. The second-order valence-corrected chi connectivity index (χ2v) is 3.89. The summed E-state index contributed by atoms with van der Waals surface area (Å²) in [7, 11) is 1.67. The fourth-order valence-corrected chi connectivity index (χ4v) is 1.73. The Morgan fingerprint density at radius 1 is 1.18 bits per heavy atom. The summed E-state index contributed by atoms with van der Waals surface area (Å²) in [5.74, 6) is 0.154. The van der Waals surface area contributed by atoms with E-state index >= 15 is 0 Å². The van der Waals surface area contributed by atoms with Crippen molar-refractivity contribution in [1.29, 1.82) is 5.41 Å². The van der Waals surface area contributed by atoms with Crippen LogP contribution < -0.4 is 5.32 Å². The number of halogens is 1. The number of hydrogen-bond donors (Lipinski definition) is 2. The van der Waals surface area contributed by atoms with Crippen molar-refractivity contribution >= 4 is 33.5 Å². The van der Waals surface area contributed by atoms with E-state index in [1.807, 2.05) is 42.5 Å². The zero-order valence-electron chi connectivity index (χ0n) is 9.37. The van der Waals surface area contributed by atoms with E-state index in [9.17, 15) is 0 Å². The number of nitrogens with zero attached hydrogens (tertiary/aromatic N) is 1. The van der Waals surface area contributed by atoms with E-state index in [1.165, 1.54) is 0 Å². The van der Waals surface area contributed by atoms with Gasteiger partial charge in [-0.1, -0.05) is 42.5 Å². The average Bonchev–Trinajstić information content (AvgIpc) is 2.37. The van der Waals surface area contributed by atoms with Gasteiger partial charge in [-0.25, -0.2) is 4.99 Å². The Morgan fingerprint density at radius 3 is 2.65 bits per heavy atom. The van der Waals surface area contributed by atoms with E-state index in [1.54, 1.807) is 7.05 Å². The molecule has 0 aromatic heterocycles. The van der Waals surface area contributed by atoms with Gasteiger partial charge in [0.2, 0.25) is 0 Å². The number of hydrogen-bond acceptors (Lipinski definition) is 1. The van der Waals surface area contributed by atoms with Crippen LogP contribution in [0.25, 0.3) is 10.8 Å². The molecule has 0 heterocycles. The number of rotatable bonds is 1. The minimum Gasteiger partial charge on any atom is -0.363 e. The van der Waals surface area contributed by atoms with Crippen LogP contribution in [-0.2, 0) is 0 Å². The summed E-state index contributed by atoms with van der Waals surface area (Å²) in [6, 6.07) is 13.7. The molecular weight excluding hydrogens is 234 g/mol. The molecule has 2 rings (SSSR count). The van der Waals surface area contributed by atoms with Crippen molar-refractivity contribution < 1.29 is 0 Å². The molecular formula is C13H12ClN3. The highest BCUT2D eigenvalue weighted by atomic mass is 35.5. The summed E-state index contributed by atoms with van der Waals surface area (Å²) in [5.41, 5.74) is 0.775. The van der Waals surface area contributed by atoms with Gasteiger partial charge in [-0.3, -0.25) is 5.41 Å². The third-order valence-corrected chi connectivity index (χ3v) is 2.73. The van der Waals surface area contributed by atoms with Crippen molar-refractivity contribution in [3.8, 4) is 0 Å². The lowest BCUT2D eigenvalue weighted by atomic mass is 10.0. The van der Waals surface area contributed by atoms with E-state index in [0.717, 1.165) is 16.3 Å². The smallest absolute Gasteiger partial charge is 0.197 e. The molecule has 2 aromatic carbocycles. The summed E-state index contributed by atoms with van der Waals surface area (Å²) in [5, 5.41) is 12.9. The first-order chi connectivity index (χ1) is 8.22. The molecule has 0 aliphatic rings. The van der Waals surface area contributed by atoms with Gasteiger partial charge in [0.25, 0.3) is 0 Å². The van der Waals surface area contributed by atoms with Gasteiger partial charge in [0.1, 0.15) is 0 Å². The van der Waals surface area contributed by atoms with Gasteiger partial charge >= 0.3 is 0 Å². The summed E-state index contributed by atoms with van der Waals surface area (Å²) in [6.45, 7) is 0. The van der Waals surface area contributed by atoms with Crippen LogP contribution in [0.1, 0.15) is 5.56 Å². The summed E-state index contributed by atoms with van der Waals surface area (Å²) >= 11 is 5.76. The van der Waals surface area contributed by atoms with E-state index in [2.05, 4.69) is 10.3 Å². The van der Waals surface area contributed by atoms with Crippen molar-refractivity contribution in [2.24, 2.45) is 4.99 Å². The number of nitrogens with one attached hydrogen (secondary N) is 2. The minimum atomic E-state index is 0.154. The molecule has 17 heavy (non-hydrogen) atoms. The molecule has 0 saturated heterocycles. The lowest BCUT2D eigenvalue weighted by molar-refractivity contribution is 1.20. The molecule has 0 saturated carbocycles. The highest BCUT2D eigenvalue weighted by Gasteiger charge is 2.05. The van der Waals surface area contributed by atoms with Crippen LogP contribution in [0.15, 0.2) is 47.5 Å². The normalized spacial score (nSPS) is 11.5. The van der Waals surface area contributed by atoms with E-state index in [0.29, 0.717) is 0 Å². The molecule has 0 fully saturated rings. The highest BCUT2D eigenvalue weighted by Crippen LogP contribution is 2.19. The molecule has 0 atom stereocenters. The van der Waals surface area contributed by atoms with E-state index in [-0.39, 0.29) is 11.1 Å². The molecule has 2 N–H and O–H groups in total. The van der Waals surface area contributed by atoms with Crippen molar-refractivity contribution in [1.82, 2.24) is 5.32 Å². The maximum Gasteiger partial charge on any atom is 0.197 e.